The molecule has 0 fully saturated rings. The second-order valence-electron chi connectivity index (χ2n) is 5.44. The van der Waals surface area contributed by atoms with Gasteiger partial charge in [-0.05, 0) is 6.42 Å². The number of H-pyrrole nitrogens is 1. The van der Waals surface area contributed by atoms with Crippen LogP contribution in [0, 0.1) is 0 Å². The Hall–Kier alpha value is -1.85. The van der Waals surface area contributed by atoms with Gasteiger partial charge < -0.3 is 16.0 Å². The summed E-state index contributed by atoms with van der Waals surface area (Å²) in [7, 11) is 0. The molecule has 2 aromatic heterocycles. The molecule has 0 amide bonds. The quantitative estimate of drug-likeness (QED) is 0.582. The molecule has 0 atom stereocenters. The number of rotatable bonds is 10. The summed E-state index contributed by atoms with van der Waals surface area (Å²) >= 11 is 0. The smallest absolute Gasteiger partial charge is 0.226 e. The first-order valence-corrected chi connectivity index (χ1v) is 8.01. The van der Waals surface area contributed by atoms with Crippen molar-refractivity contribution < 1.29 is 0 Å². The number of aromatic nitrogens is 4. The van der Waals surface area contributed by atoms with E-state index in [1.54, 1.807) is 6.33 Å². The lowest BCUT2D eigenvalue weighted by atomic mass is 10.1. The highest BCUT2D eigenvalue weighted by Gasteiger charge is 2.06. The van der Waals surface area contributed by atoms with E-state index in [0.29, 0.717) is 22.9 Å². The van der Waals surface area contributed by atoms with Gasteiger partial charge in [0.15, 0.2) is 11.5 Å². The first-order chi connectivity index (χ1) is 10.3. The molecule has 2 heterocycles. The Balaban J connectivity index is 1.62. The van der Waals surface area contributed by atoms with Gasteiger partial charge in [0.2, 0.25) is 5.95 Å². The molecular formula is C15H26N6. The Labute approximate surface area is 126 Å². The summed E-state index contributed by atoms with van der Waals surface area (Å²) in [6.45, 7) is 3.13. The summed E-state index contributed by atoms with van der Waals surface area (Å²) in [5, 5.41) is 3.22. The molecule has 2 rings (SSSR count). The Bertz CT molecular complexity index is 536. The molecule has 0 bridgehead atoms. The molecule has 116 valence electrons. The second-order valence-corrected chi connectivity index (χ2v) is 5.44. The maximum absolute atomic E-state index is 5.85. The van der Waals surface area contributed by atoms with E-state index in [1.165, 1.54) is 44.9 Å². The monoisotopic (exact) mass is 290 g/mol. The topological polar surface area (TPSA) is 92.5 Å². The lowest BCUT2D eigenvalue weighted by molar-refractivity contribution is 0.581. The van der Waals surface area contributed by atoms with Crippen LogP contribution in [0.25, 0.3) is 11.2 Å². The number of nitrogens with two attached hydrogens (primary N) is 1. The van der Waals surface area contributed by atoms with Crippen molar-refractivity contribution in [3.05, 3.63) is 6.33 Å². The first kappa shape index (κ1) is 15.5. The number of imidazole rings is 1. The molecule has 4 N–H and O–H groups in total. The van der Waals surface area contributed by atoms with Gasteiger partial charge in [-0.25, -0.2) is 4.98 Å². The van der Waals surface area contributed by atoms with E-state index >= 15 is 0 Å². The average Bonchev–Trinajstić information content (AvgIpc) is 2.94. The first-order valence-electron chi connectivity index (χ1n) is 8.01. The molecule has 0 radical (unpaired) electrons. The van der Waals surface area contributed by atoms with Crippen LogP contribution in [0.2, 0.25) is 0 Å². The van der Waals surface area contributed by atoms with Gasteiger partial charge >= 0.3 is 0 Å². The van der Waals surface area contributed by atoms with E-state index < -0.39 is 0 Å². The van der Waals surface area contributed by atoms with Gasteiger partial charge in [-0.3, -0.25) is 0 Å². The number of nitrogens with zero attached hydrogens (tertiary/aromatic N) is 3. The maximum atomic E-state index is 5.85. The standard InChI is InChI=1S/C15H26N6/c1-2-3-4-5-6-7-8-9-10-17-15-20-13(16)12-14(21-15)19-11-18-12/h11H,2-10H2,1H3,(H4,16,17,18,19,20,21). The predicted octanol–water partition coefficient (Wildman–Crippen LogP) is 3.49. The van der Waals surface area contributed by atoms with E-state index in [2.05, 4.69) is 32.2 Å². The van der Waals surface area contributed by atoms with E-state index in [9.17, 15) is 0 Å². The molecule has 0 saturated heterocycles. The summed E-state index contributed by atoms with van der Waals surface area (Å²) in [5.74, 6) is 1.01. The summed E-state index contributed by atoms with van der Waals surface area (Å²) < 4.78 is 0. The van der Waals surface area contributed by atoms with Crippen molar-refractivity contribution in [1.82, 2.24) is 19.9 Å². The molecule has 0 unspecified atom stereocenters. The molecule has 0 saturated carbocycles. The summed E-state index contributed by atoms with van der Waals surface area (Å²) in [6, 6.07) is 0. The Morgan fingerprint density at radius 1 is 1.05 bits per heavy atom. The number of unbranched alkanes of at least 4 members (excludes halogenated alkanes) is 7. The molecule has 0 aromatic carbocycles. The van der Waals surface area contributed by atoms with Crippen molar-refractivity contribution in [3.8, 4) is 0 Å². The summed E-state index contributed by atoms with van der Waals surface area (Å²) in [4.78, 5) is 15.6. The fraction of sp³-hybridized carbons (Fsp3) is 0.667. The number of nitrogen functional groups attached to an aromatic ring is 1. The van der Waals surface area contributed by atoms with Crippen LogP contribution < -0.4 is 11.1 Å². The summed E-state index contributed by atoms with van der Waals surface area (Å²) in [6.07, 6.45) is 12.1. The van der Waals surface area contributed by atoms with Crippen LogP contribution in [0.3, 0.4) is 0 Å². The normalized spacial score (nSPS) is 11.1. The molecular weight excluding hydrogens is 264 g/mol. The Morgan fingerprint density at radius 2 is 1.76 bits per heavy atom. The molecule has 21 heavy (non-hydrogen) atoms. The van der Waals surface area contributed by atoms with E-state index in [4.69, 9.17) is 5.73 Å². The fourth-order valence-corrected chi connectivity index (χ4v) is 2.39. The van der Waals surface area contributed by atoms with Crippen molar-refractivity contribution in [2.24, 2.45) is 0 Å². The Morgan fingerprint density at radius 3 is 2.52 bits per heavy atom. The minimum atomic E-state index is 0.441. The minimum absolute atomic E-state index is 0.441. The Kier molecular flexibility index (Phi) is 6.24. The molecule has 0 aliphatic carbocycles. The predicted molar refractivity (Wildman–Crippen MR) is 87.2 cm³/mol. The zero-order valence-electron chi connectivity index (χ0n) is 12.9. The van der Waals surface area contributed by atoms with Crippen LogP contribution in [0.5, 0.6) is 0 Å². The number of aromatic amines is 1. The third-order valence-corrected chi connectivity index (χ3v) is 3.63. The van der Waals surface area contributed by atoms with Gasteiger partial charge in [-0.15, -0.1) is 0 Å². The second kappa shape index (κ2) is 8.44. The largest absolute Gasteiger partial charge is 0.382 e. The molecule has 6 heteroatoms. The van der Waals surface area contributed by atoms with Crippen LogP contribution in [0.15, 0.2) is 6.33 Å². The molecule has 2 aromatic rings. The zero-order chi connectivity index (χ0) is 14.9. The lowest BCUT2D eigenvalue weighted by Gasteiger charge is -2.05. The fourth-order valence-electron chi connectivity index (χ4n) is 2.39. The van der Waals surface area contributed by atoms with Crippen molar-refractivity contribution in [1.29, 1.82) is 0 Å². The van der Waals surface area contributed by atoms with Crippen LogP contribution in [-0.4, -0.2) is 26.5 Å². The van der Waals surface area contributed by atoms with Gasteiger partial charge in [0.1, 0.15) is 5.52 Å². The molecule has 0 aliphatic heterocycles. The number of fused-ring (bicyclic) bond motifs is 1. The summed E-state index contributed by atoms with van der Waals surface area (Å²) in [5.41, 5.74) is 7.16. The van der Waals surface area contributed by atoms with Crippen molar-refractivity contribution >= 4 is 22.9 Å². The highest BCUT2D eigenvalue weighted by atomic mass is 15.2. The molecule has 0 aliphatic rings. The zero-order valence-corrected chi connectivity index (χ0v) is 12.9. The molecule has 0 spiro atoms. The van der Waals surface area contributed by atoms with Gasteiger partial charge in [-0.2, -0.15) is 9.97 Å². The van der Waals surface area contributed by atoms with Crippen molar-refractivity contribution in [2.75, 3.05) is 17.6 Å². The highest BCUT2D eigenvalue weighted by Crippen LogP contribution is 2.15. The third-order valence-electron chi connectivity index (χ3n) is 3.63. The average molecular weight is 290 g/mol. The third kappa shape index (κ3) is 4.88. The van der Waals surface area contributed by atoms with E-state index in [-0.39, 0.29) is 0 Å². The van der Waals surface area contributed by atoms with Crippen LogP contribution in [0.1, 0.15) is 58.3 Å². The molecule has 6 nitrogen and oxygen atoms in total. The van der Waals surface area contributed by atoms with Gasteiger partial charge in [0.05, 0.1) is 6.33 Å². The van der Waals surface area contributed by atoms with Gasteiger partial charge in [-0.1, -0.05) is 51.9 Å². The van der Waals surface area contributed by atoms with E-state index in [1.807, 2.05) is 0 Å². The minimum Gasteiger partial charge on any atom is -0.382 e. The van der Waals surface area contributed by atoms with Crippen molar-refractivity contribution in [2.45, 2.75) is 58.3 Å². The highest BCUT2D eigenvalue weighted by molar-refractivity contribution is 5.82. The van der Waals surface area contributed by atoms with Crippen LogP contribution in [0.4, 0.5) is 11.8 Å². The van der Waals surface area contributed by atoms with Crippen LogP contribution in [-0.2, 0) is 0 Å². The SMILES string of the molecule is CCCCCCCCCCNc1nc(N)c2[nH]cnc2n1. The van der Waals surface area contributed by atoms with Crippen LogP contribution >= 0.6 is 0 Å². The number of hydrogen-bond donors (Lipinski definition) is 3. The number of anilines is 2. The van der Waals surface area contributed by atoms with E-state index in [0.717, 1.165) is 13.0 Å². The number of hydrogen-bond acceptors (Lipinski definition) is 5. The van der Waals surface area contributed by atoms with Gasteiger partial charge in [0.25, 0.3) is 0 Å². The van der Waals surface area contributed by atoms with Crippen molar-refractivity contribution in [3.63, 3.8) is 0 Å². The van der Waals surface area contributed by atoms with Gasteiger partial charge in [0, 0.05) is 6.54 Å². The maximum Gasteiger partial charge on any atom is 0.226 e. The lowest BCUT2D eigenvalue weighted by Crippen LogP contribution is -2.07. The number of nitrogens with one attached hydrogen (secondary N) is 2.